The molecule has 0 aliphatic carbocycles. The van der Waals surface area contributed by atoms with E-state index in [0.717, 1.165) is 23.4 Å². The summed E-state index contributed by atoms with van der Waals surface area (Å²) in [6, 6.07) is 8.24. The van der Waals surface area contributed by atoms with Crippen molar-refractivity contribution in [3.8, 4) is 0 Å². The lowest BCUT2D eigenvalue weighted by Crippen LogP contribution is -1.99. The highest BCUT2D eigenvalue weighted by Crippen LogP contribution is 2.21. The van der Waals surface area contributed by atoms with Gasteiger partial charge in [-0.1, -0.05) is 25.1 Å². The molecule has 0 fully saturated rings. The van der Waals surface area contributed by atoms with Gasteiger partial charge in [-0.05, 0) is 31.9 Å². The number of aromatic amines is 1. The van der Waals surface area contributed by atoms with Crippen molar-refractivity contribution in [2.45, 2.75) is 27.2 Å². The number of hydrazone groups is 1. The van der Waals surface area contributed by atoms with Gasteiger partial charge in [0.1, 0.15) is 0 Å². The number of aromatic nitrogens is 3. The molecule has 5 heteroatoms. The molecule has 112 valence electrons. The fraction of sp³-hybridized carbons (Fsp3) is 0.235. The highest BCUT2D eigenvalue weighted by molar-refractivity contribution is 6.00. The Kier molecular flexibility index (Phi) is 3.87. The highest BCUT2D eigenvalue weighted by atomic mass is 15.3. The minimum Gasteiger partial charge on any atom is -0.360 e. The predicted molar refractivity (Wildman–Crippen MR) is 90.4 cm³/mol. The molecule has 2 N–H and O–H groups in total. The van der Waals surface area contributed by atoms with Crippen LogP contribution in [0.3, 0.4) is 0 Å². The van der Waals surface area contributed by atoms with Gasteiger partial charge in [-0.25, -0.2) is 15.4 Å². The second-order valence-electron chi connectivity index (χ2n) is 5.28. The van der Waals surface area contributed by atoms with E-state index in [4.69, 9.17) is 0 Å². The first-order valence-corrected chi connectivity index (χ1v) is 7.37. The Morgan fingerprint density at radius 2 is 2.00 bits per heavy atom. The maximum Gasteiger partial charge on any atom is 0.243 e. The highest BCUT2D eigenvalue weighted by Gasteiger charge is 2.04. The van der Waals surface area contributed by atoms with Crippen molar-refractivity contribution in [1.29, 1.82) is 0 Å². The van der Waals surface area contributed by atoms with Gasteiger partial charge in [-0.2, -0.15) is 5.10 Å². The molecular formula is C17H19N5. The number of H-pyrrole nitrogens is 1. The Hall–Kier alpha value is -2.69. The summed E-state index contributed by atoms with van der Waals surface area (Å²) < 4.78 is 0. The molecule has 0 radical (unpaired) electrons. The minimum atomic E-state index is 0.517. The van der Waals surface area contributed by atoms with Gasteiger partial charge >= 0.3 is 0 Å². The fourth-order valence-electron chi connectivity index (χ4n) is 2.58. The van der Waals surface area contributed by atoms with Crippen LogP contribution in [0.15, 0.2) is 35.6 Å². The molecule has 3 rings (SSSR count). The lowest BCUT2D eigenvalue weighted by atomic mass is 10.1. The fourth-order valence-corrected chi connectivity index (χ4v) is 2.58. The van der Waals surface area contributed by atoms with Crippen LogP contribution in [0.2, 0.25) is 0 Å². The molecule has 0 aliphatic rings. The minimum absolute atomic E-state index is 0.517. The van der Waals surface area contributed by atoms with Crippen LogP contribution in [-0.4, -0.2) is 21.2 Å². The van der Waals surface area contributed by atoms with Crippen LogP contribution in [0.25, 0.3) is 10.9 Å². The third-order valence-corrected chi connectivity index (χ3v) is 3.57. The van der Waals surface area contributed by atoms with Crippen LogP contribution in [0.4, 0.5) is 5.95 Å². The van der Waals surface area contributed by atoms with Gasteiger partial charge in [0.2, 0.25) is 5.95 Å². The summed E-state index contributed by atoms with van der Waals surface area (Å²) in [6.45, 7) is 6.04. The lowest BCUT2D eigenvalue weighted by Gasteiger charge is -2.01. The predicted octanol–water partition coefficient (Wildman–Crippen LogP) is 3.58. The van der Waals surface area contributed by atoms with Crippen LogP contribution in [0, 0.1) is 13.8 Å². The Balaban J connectivity index is 1.84. The second kappa shape index (κ2) is 5.97. The van der Waals surface area contributed by atoms with Gasteiger partial charge in [-0.3, -0.25) is 0 Å². The molecule has 5 nitrogen and oxygen atoms in total. The van der Waals surface area contributed by atoms with Gasteiger partial charge in [0.15, 0.2) is 0 Å². The van der Waals surface area contributed by atoms with Crippen molar-refractivity contribution < 1.29 is 0 Å². The number of nitrogens with zero attached hydrogens (tertiary/aromatic N) is 3. The van der Waals surface area contributed by atoms with E-state index in [1.807, 2.05) is 26.1 Å². The number of benzene rings is 1. The van der Waals surface area contributed by atoms with E-state index >= 15 is 0 Å². The molecule has 0 atom stereocenters. The van der Waals surface area contributed by atoms with Crippen LogP contribution < -0.4 is 5.43 Å². The number of fused-ring (bicyclic) bond motifs is 1. The molecule has 0 spiro atoms. The maximum atomic E-state index is 4.30. The Morgan fingerprint density at radius 3 is 2.73 bits per heavy atom. The third-order valence-electron chi connectivity index (χ3n) is 3.57. The van der Waals surface area contributed by atoms with E-state index in [1.165, 1.54) is 16.5 Å². The lowest BCUT2D eigenvalue weighted by molar-refractivity contribution is 1.04. The van der Waals surface area contributed by atoms with E-state index < -0.39 is 0 Å². The van der Waals surface area contributed by atoms with Crippen molar-refractivity contribution >= 4 is 23.1 Å². The number of hydrogen-bond donors (Lipinski definition) is 2. The number of para-hydroxylation sites is 1. The number of nitrogens with one attached hydrogen (secondary N) is 2. The second-order valence-corrected chi connectivity index (χ2v) is 5.28. The molecule has 3 aromatic rings. The van der Waals surface area contributed by atoms with Gasteiger partial charge < -0.3 is 4.98 Å². The largest absolute Gasteiger partial charge is 0.360 e. The molecule has 22 heavy (non-hydrogen) atoms. The Bertz CT molecular complexity index is 812. The van der Waals surface area contributed by atoms with E-state index in [0.29, 0.717) is 5.95 Å². The topological polar surface area (TPSA) is 66.0 Å². The number of aryl methyl sites for hydroxylation is 3. The molecule has 0 bridgehead atoms. The maximum absolute atomic E-state index is 4.30. The molecule has 1 aromatic carbocycles. The summed E-state index contributed by atoms with van der Waals surface area (Å²) in [5.74, 6) is 0.517. The van der Waals surface area contributed by atoms with E-state index in [9.17, 15) is 0 Å². The summed E-state index contributed by atoms with van der Waals surface area (Å²) in [6.07, 6.45) is 4.76. The summed E-state index contributed by atoms with van der Waals surface area (Å²) in [5.41, 5.74) is 8.26. The van der Waals surface area contributed by atoms with E-state index in [2.05, 4.69) is 50.6 Å². The quantitative estimate of drug-likeness (QED) is 0.570. The molecule has 0 amide bonds. The van der Waals surface area contributed by atoms with Crippen molar-refractivity contribution in [3.63, 3.8) is 0 Å². The zero-order valence-corrected chi connectivity index (χ0v) is 13.0. The van der Waals surface area contributed by atoms with Crippen molar-refractivity contribution in [3.05, 3.63) is 53.0 Å². The number of hydrogen-bond acceptors (Lipinski definition) is 4. The standard InChI is InChI=1S/C17H19N5/c1-4-13-6-5-7-15-14(9-18-16(13)15)10-19-22-17-20-11(2)8-12(3)21-17/h5-10,18H,4H2,1-3H3,(H,20,21,22)/b19-10+. The Morgan fingerprint density at radius 1 is 1.23 bits per heavy atom. The molecule has 2 aromatic heterocycles. The van der Waals surface area contributed by atoms with E-state index in [1.54, 1.807) is 6.21 Å². The van der Waals surface area contributed by atoms with Gasteiger partial charge in [0.25, 0.3) is 0 Å². The Labute approximate surface area is 129 Å². The van der Waals surface area contributed by atoms with Gasteiger partial charge in [0.05, 0.1) is 6.21 Å². The monoisotopic (exact) mass is 293 g/mol. The zero-order valence-electron chi connectivity index (χ0n) is 13.0. The van der Waals surface area contributed by atoms with Gasteiger partial charge in [-0.15, -0.1) is 0 Å². The summed E-state index contributed by atoms with van der Waals surface area (Å²) in [7, 11) is 0. The van der Waals surface area contributed by atoms with Crippen molar-refractivity contribution in [1.82, 2.24) is 15.0 Å². The smallest absolute Gasteiger partial charge is 0.243 e. The summed E-state index contributed by atoms with van der Waals surface area (Å²) >= 11 is 0. The molecule has 0 unspecified atom stereocenters. The average molecular weight is 293 g/mol. The number of anilines is 1. The molecule has 0 saturated heterocycles. The van der Waals surface area contributed by atoms with Crippen LogP contribution in [0.1, 0.15) is 29.4 Å². The summed E-state index contributed by atoms with van der Waals surface area (Å²) in [5, 5.41) is 5.42. The van der Waals surface area contributed by atoms with Crippen molar-refractivity contribution in [2.75, 3.05) is 5.43 Å². The van der Waals surface area contributed by atoms with Crippen LogP contribution >= 0.6 is 0 Å². The normalized spacial score (nSPS) is 11.4. The zero-order chi connectivity index (χ0) is 15.5. The average Bonchev–Trinajstić information content (AvgIpc) is 2.89. The molecular weight excluding hydrogens is 274 g/mol. The van der Waals surface area contributed by atoms with Crippen LogP contribution in [0.5, 0.6) is 0 Å². The van der Waals surface area contributed by atoms with Gasteiger partial charge in [0, 0.05) is 34.1 Å². The third kappa shape index (κ3) is 2.83. The van der Waals surface area contributed by atoms with Crippen LogP contribution in [-0.2, 0) is 6.42 Å². The molecule has 0 saturated carbocycles. The number of rotatable bonds is 4. The SMILES string of the molecule is CCc1cccc2c(/C=N/Nc3nc(C)cc(C)n3)c[nH]c12. The first-order chi connectivity index (χ1) is 10.7. The first kappa shape index (κ1) is 14.3. The first-order valence-electron chi connectivity index (χ1n) is 7.37. The molecule has 2 heterocycles. The summed E-state index contributed by atoms with van der Waals surface area (Å²) in [4.78, 5) is 11.9. The molecule has 0 aliphatic heterocycles. The van der Waals surface area contributed by atoms with Crippen molar-refractivity contribution in [2.24, 2.45) is 5.10 Å². The van der Waals surface area contributed by atoms with E-state index in [-0.39, 0.29) is 0 Å².